The number of carbonyl (C=O) groups is 3. The molecular weight excluding hydrogens is 811 g/mol. The summed E-state index contributed by atoms with van der Waals surface area (Å²) in [6.07, 6.45) is 10.0. The van der Waals surface area contributed by atoms with E-state index in [1.165, 1.54) is 22.7 Å². The van der Waals surface area contributed by atoms with Gasteiger partial charge in [0.1, 0.15) is 45.9 Å². The minimum atomic E-state index is -3.97. The van der Waals surface area contributed by atoms with E-state index in [1.807, 2.05) is 48.0 Å². The van der Waals surface area contributed by atoms with E-state index in [9.17, 15) is 22.8 Å². The highest BCUT2D eigenvalue weighted by atomic mass is 32.2. The molecule has 1 saturated heterocycles. The number of sulfonamides is 1. The summed E-state index contributed by atoms with van der Waals surface area (Å²) in [6, 6.07) is 3.94. The second-order valence-corrected chi connectivity index (χ2v) is 20.7. The molecule has 3 fully saturated rings. The number of hydrogen-bond acceptors (Lipinski definition) is 13. The predicted molar refractivity (Wildman–Crippen MR) is 228 cm³/mol. The zero-order valence-corrected chi connectivity index (χ0v) is 36.4. The number of thiazole rings is 2. The molecule has 2 aliphatic heterocycles. The van der Waals surface area contributed by atoms with Gasteiger partial charge in [-0.1, -0.05) is 38.8 Å². The lowest BCUT2D eigenvalue weighted by Crippen LogP contribution is -2.58. The smallest absolute Gasteiger partial charge is 0.259 e. The standard InChI is InChI=1S/C42H51N7O7S3/c1-24(2)31-23-58-37(45-31)30-20-34(28-13-14-33(55-5)25(3)35(28)44-30)56-27-19-32-36(50)47-42(39(52)48-59(53,54)41(4)15-16-41)21-26(42)11-9-7-6-8-10-12-29(38(51)49(32)22-27)46-40-43-17-18-57-40/h9,11,13-14,17-18,20,23-24,26-27,29,32H,6-8,10,12,15-16,19,21-22H2,1-5H3,(H,43,46)(H,47,50)(H,48,52)/t26-,27-,29+,32+,42-/m1/s1. The molecular formula is C42H51N7O7S3. The molecule has 1 aromatic carbocycles. The number of aryl methyl sites for hydroxylation is 1. The fourth-order valence-corrected chi connectivity index (χ4v) is 10.9. The number of nitrogens with one attached hydrogen (secondary N) is 3. The van der Waals surface area contributed by atoms with E-state index < -0.39 is 56.2 Å². The molecule has 4 aromatic rings. The lowest BCUT2D eigenvalue weighted by Gasteiger charge is -2.30. The third-order valence-electron chi connectivity index (χ3n) is 12.2. The molecule has 14 nitrogen and oxygen atoms in total. The van der Waals surface area contributed by atoms with E-state index in [2.05, 4.69) is 34.2 Å². The predicted octanol–water partition coefficient (Wildman–Crippen LogP) is 6.48. The average molecular weight is 862 g/mol. The molecule has 0 unspecified atom stereocenters. The number of aromatic nitrogens is 3. The van der Waals surface area contributed by atoms with Crippen LogP contribution in [-0.4, -0.2) is 88.1 Å². The summed E-state index contributed by atoms with van der Waals surface area (Å²) in [6.45, 7) is 7.83. The summed E-state index contributed by atoms with van der Waals surface area (Å²) < 4.78 is 40.3. The van der Waals surface area contributed by atoms with Crippen LogP contribution in [0, 0.1) is 12.8 Å². The Bertz CT molecular complexity index is 2400. The Morgan fingerprint density at radius 1 is 1.10 bits per heavy atom. The van der Waals surface area contributed by atoms with Gasteiger partial charge in [-0.25, -0.2) is 23.4 Å². The molecule has 3 N–H and O–H groups in total. The molecule has 8 rings (SSSR count). The number of allylic oxidation sites excluding steroid dienone is 1. The Labute approximate surface area is 352 Å². The highest BCUT2D eigenvalue weighted by molar-refractivity contribution is 7.91. The van der Waals surface area contributed by atoms with Crippen molar-refractivity contribution >= 4 is 66.5 Å². The molecule has 2 saturated carbocycles. The van der Waals surface area contributed by atoms with Crippen molar-refractivity contribution in [1.82, 2.24) is 29.9 Å². The number of carbonyl (C=O) groups excluding carboxylic acids is 3. The number of fused-ring (bicyclic) bond motifs is 3. The van der Waals surface area contributed by atoms with Gasteiger partial charge in [0.25, 0.3) is 5.91 Å². The number of methoxy groups -OCH3 is 1. The van der Waals surface area contributed by atoms with Gasteiger partial charge in [0.2, 0.25) is 21.8 Å². The molecule has 314 valence electrons. The van der Waals surface area contributed by atoms with Crippen LogP contribution < -0.4 is 24.8 Å². The van der Waals surface area contributed by atoms with Crippen molar-refractivity contribution in [2.75, 3.05) is 19.0 Å². The van der Waals surface area contributed by atoms with Crippen molar-refractivity contribution in [3.05, 3.63) is 58.6 Å². The van der Waals surface area contributed by atoms with Crippen LogP contribution in [-0.2, 0) is 24.4 Å². The summed E-state index contributed by atoms with van der Waals surface area (Å²) in [4.78, 5) is 59.3. The monoisotopic (exact) mass is 861 g/mol. The van der Waals surface area contributed by atoms with Crippen LogP contribution >= 0.6 is 22.7 Å². The molecule has 4 aliphatic rings. The molecule has 0 spiro atoms. The van der Waals surface area contributed by atoms with Gasteiger partial charge in [-0.15, -0.1) is 22.7 Å². The number of nitrogens with zero attached hydrogens (tertiary/aromatic N) is 4. The van der Waals surface area contributed by atoms with Gasteiger partial charge in [0.15, 0.2) is 5.13 Å². The first-order chi connectivity index (χ1) is 28.2. The van der Waals surface area contributed by atoms with Crippen molar-refractivity contribution in [2.24, 2.45) is 5.92 Å². The zero-order chi connectivity index (χ0) is 41.7. The Kier molecular flexibility index (Phi) is 11.2. The molecule has 0 bridgehead atoms. The molecule has 3 aromatic heterocycles. The maximum absolute atomic E-state index is 14.8. The summed E-state index contributed by atoms with van der Waals surface area (Å²) >= 11 is 2.89. The van der Waals surface area contributed by atoms with E-state index >= 15 is 0 Å². The Morgan fingerprint density at radius 2 is 1.92 bits per heavy atom. The second kappa shape index (κ2) is 16.1. The fraction of sp³-hybridized carbons (Fsp3) is 0.524. The molecule has 59 heavy (non-hydrogen) atoms. The summed E-state index contributed by atoms with van der Waals surface area (Å²) in [5.74, 6) is -0.547. The van der Waals surface area contributed by atoms with E-state index in [1.54, 1.807) is 25.1 Å². The normalized spacial score (nSPS) is 25.7. The van der Waals surface area contributed by atoms with Gasteiger partial charge in [-0.2, -0.15) is 0 Å². The molecule has 5 atom stereocenters. The average Bonchev–Trinajstić information content (AvgIpc) is 3.79. The first-order valence-electron chi connectivity index (χ1n) is 20.3. The van der Waals surface area contributed by atoms with Gasteiger partial charge in [0, 0.05) is 46.3 Å². The Hall–Kier alpha value is -4.61. The van der Waals surface area contributed by atoms with E-state index in [-0.39, 0.29) is 31.2 Å². The van der Waals surface area contributed by atoms with Crippen molar-refractivity contribution in [3.63, 3.8) is 0 Å². The summed E-state index contributed by atoms with van der Waals surface area (Å²) in [5, 5.41) is 12.3. The molecule has 17 heteroatoms. The Balaban J connectivity index is 1.15. The van der Waals surface area contributed by atoms with Gasteiger partial charge in [-0.3, -0.25) is 19.1 Å². The highest BCUT2D eigenvalue weighted by Gasteiger charge is 2.63. The molecule has 5 heterocycles. The maximum Gasteiger partial charge on any atom is 0.259 e. The number of benzene rings is 1. The van der Waals surface area contributed by atoms with Crippen molar-refractivity contribution in [3.8, 4) is 22.2 Å². The van der Waals surface area contributed by atoms with Crippen molar-refractivity contribution in [2.45, 2.75) is 120 Å². The van der Waals surface area contributed by atoms with Crippen molar-refractivity contribution < 1.29 is 32.3 Å². The lowest BCUT2D eigenvalue weighted by molar-refractivity contribution is -0.140. The fourth-order valence-electron chi connectivity index (χ4n) is 8.05. The number of amides is 3. The van der Waals surface area contributed by atoms with Crippen LogP contribution in [0.15, 0.2) is 47.3 Å². The number of ether oxygens (including phenoxy) is 2. The van der Waals surface area contributed by atoms with Gasteiger partial charge in [-0.05, 0) is 70.4 Å². The summed E-state index contributed by atoms with van der Waals surface area (Å²) in [7, 11) is -2.36. The van der Waals surface area contributed by atoms with Crippen LogP contribution in [0.1, 0.15) is 95.7 Å². The lowest BCUT2D eigenvalue weighted by atomic mass is 10.1. The van der Waals surface area contributed by atoms with Crippen molar-refractivity contribution in [1.29, 1.82) is 0 Å². The largest absolute Gasteiger partial charge is 0.496 e. The third-order valence-corrected chi connectivity index (χ3v) is 15.9. The number of anilines is 1. The van der Waals surface area contributed by atoms with Crippen LogP contribution in [0.5, 0.6) is 11.5 Å². The topological polar surface area (TPSA) is 182 Å². The molecule has 3 amide bonds. The SMILES string of the molecule is COc1ccc2c(O[C@@H]3C[C@H]4C(=O)N[C@]5(C(=O)NS(=O)(=O)C6(C)CC6)C[C@H]5C=CCCCCC[C@H](Nc5nccs5)C(=O)N4C3)cc(-c3nc(C(C)C)cs3)nc2c1C. The zero-order valence-electron chi connectivity index (χ0n) is 33.9. The molecule has 2 aliphatic carbocycles. The minimum Gasteiger partial charge on any atom is -0.496 e. The minimum absolute atomic E-state index is 0.0886. The van der Waals surface area contributed by atoms with E-state index in [0.717, 1.165) is 47.3 Å². The van der Waals surface area contributed by atoms with Gasteiger partial charge < -0.3 is 25.0 Å². The first-order valence-corrected chi connectivity index (χ1v) is 23.6. The number of rotatable bonds is 10. The second-order valence-electron chi connectivity index (χ2n) is 16.8. The van der Waals surface area contributed by atoms with E-state index in [0.29, 0.717) is 47.1 Å². The van der Waals surface area contributed by atoms with Crippen LogP contribution in [0.4, 0.5) is 5.13 Å². The van der Waals surface area contributed by atoms with Crippen LogP contribution in [0.2, 0.25) is 0 Å². The highest BCUT2D eigenvalue weighted by Crippen LogP contribution is 2.48. The number of hydrogen-bond donors (Lipinski definition) is 3. The third kappa shape index (κ3) is 8.17. The van der Waals surface area contributed by atoms with Gasteiger partial charge >= 0.3 is 0 Å². The van der Waals surface area contributed by atoms with Crippen LogP contribution in [0.25, 0.3) is 21.6 Å². The number of pyridine rings is 1. The maximum atomic E-state index is 14.8. The Morgan fingerprint density at radius 3 is 2.63 bits per heavy atom. The first kappa shape index (κ1) is 41.1. The quantitative estimate of drug-likeness (QED) is 0.149. The summed E-state index contributed by atoms with van der Waals surface area (Å²) in [5.41, 5.74) is 1.63. The van der Waals surface area contributed by atoms with Crippen LogP contribution in [0.3, 0.4) is 0 Å². The molecule has 0 radical (unpaired) electrons. The van der Waals surface area contributed by atoms with Gasteiger partial charge in [0.05, 0.1) is 29.6 Å². The van der Waals surface area contributed by atoms with E-state index in [4.69, 9.17) is 19.4 Å².